The summed E-state index contributed by atoms with van der Waals surface area (Å²) in [6.45, 7) is 1.78. The number of rotatable bonds is 5. The van der Waals surface area contributed by atoms with Gasteiger partial charge in [-0.1, -0.05) is 30.3 Å². The number of hydrogen-bond donors (Lipinski definition) is 2. The predicted octanol–water partition coefficient (Wildman–Crippen LogP) is 2.88. The van der Waals surface area contributed by atoms with Crippen molar-refractivity contribution >= 4 is 11.7 Å². The lowest BCUT2D eigenvalue weighted by Crippen LogP contribution is -2.33. The van der Waals surface area contributed by atoms with Gasteiger partial charge in [-0.2, -0.15) is 5.10 Å². The molecule has 6 nitrogen and oxygen atoms in total. The fourth-order valence-corrected chi connectivity index (χ4v) is 3.64. The molecule has 0 unspecified atom stereocenters. The lowest BCUT2D eigenvalue weighted by atomic mass is 9.93. The molecule has 0 radical (unpaired) electrons. The molecule has 138 valence electrons. The van der Waals surface area contributed by atoms with E-state index in [1.54, 1.807) is 18.3 Å². The van der Waals surface area contributed by atoms with Crippen LogP contribution in [0.2, 0.25) is 0 Å². The summed E-state index contributed by atoms with van der Waals surface area (Å²) in [5, 5.41) is 7.74. The van der Waals surface area contributed by atoms with Crippen LogP contribution in [0.25, 0.3) is 0 Å². The molecule has 3 N–H and O–H groups in total. The molecule has 0 saturated carbocycles. The number of hydrogen-bond acceptors (Lipinski definition) is 4. The van der Waals surface area contributed by atoms with Crippen molar-refractivity contribution in [3.05, 3.63) is 77.2 Å². The van der Waals surface area contributed by atoms with Crippen LogP contribution in [0.3, 0.4) is 0 Å². The number of carbonyl (C=O) groups excluding carboxylic acids is 1. The fourth-order valence-electron chi connectivity index (χ4n) is 3.64. The normalized spacial score (nSPS) is 15.0. The average Bonchev–Trinajstić information content (AvgIpc) is 3.17. The first kappa shape index (κ1) is 17.3. The largest absolute Gasteiger partial charge is 0.366 e. The highest BCUT2D eigenvalue weighted by molar-refractivity contribution is 5.93. The van der Waals surface area contributed by atoms with Crippen molar-refractivity contribution in [1.82, 2.24) is 15.2 Å². The number of anilines is 1. The molecule has 1 aliphatic heterocycles. The quantitative estimate of drug-likeness (QED) is 0.731. The molecule has 1 saturated heterocycles. The zero-order chi connectivity index (χ0) is 18.6. The summed E-state index contributed by atoms with van der Waals surface area (Å²) in [6, 6.07) is 16.0. The van der Waals surface area contributed by atoms with Gasteiger partial charge >= 0.3 is 0 Å². The lowest BCUT2D eigenvalue weighted by molar-refractivity contribution is 0.1000. The minimum Gasteiger partial charge on any atom is -0.366 e. The molecule has 3 aromatic rings. The summed E-state index contributed by atoms with van der Waals surface area (Å²) in [6.07, 6.45) is 4.54. The molecular weight excluding hydrogens is 338 g/mol. The maximum Gasteiger partial charge on any atom is 0.248 e. The Morgan fingerprint density at radius 3 is 2.67 bits per heavy atom. The Morgan fingerprint density at radius 2 is 1.93 bits per heavy atom. The second kappa shape index (κ2) is 7.61. The van der Waals surface area contributed by atoms with Crippen molar-refractivity contribution in [2.75, 3.05) is 18.0 Å². The van der Waals surface area contributed by atoms with E-state index in [1.807, 2.05) is 6.07 Å². The number of piperidine rings is 1. The van der Waals surface area contributed by atoms with Gasteiger partial charge in [0.05, 0.1) is 5.69 Å². The molecule has 6 heteroatoms. The van der Waals surface area contributed by atoms with E-state index in [0.29, 0.717) is 11.5 Å². The van der Waals surface area contributed by atoms with Gasteiger partial charge in [0.15, 0.2) is 0 Å². The Morgan fingerprint density at radius 1 is 1.15 bits per heavy atom. The highest BCUT2D eigenvalue weighted by Gasteiger charge is 2.23. The summed E-state index contributed by atoms with van der Waals surface area (Å²) < 4.78 is 0. The number of H-pyrrole nitrogens is 1. The molecular formula is C21H23N5O. The number of amides is 1. The number of pyridine rings is 1. The Bertz CT molecular complexity index is 913. The lowest BCUT2D eigenvalue weighted by Gasteiger charge is -2.32. The predicted molar refractivity (Wildman–Crippen MR) is 105 cm³/mol. The molecule has 0 bridgehead atoms. The third kappa shape index (κ3) is 4.00. The zero-order valence-electron chi connectivity index (χ0n) is 15.1. The van der Waals surface area contributed by atoms with Crippen molar-refractivity contribution in [3.8, 4) is 0 Å². The number of carbonyl (C=O) groups is 1. The summed E-state index contributed by atoms with van der Waals surface area (Å²) in [7, 11) is 0. The van der Waals surface area contributed by atoms with Gasteiger partial charge in [-0.25, -0.2) is 4.98 Å². The third-order valence-corrected chi connectivity index (χ3v) is 5.16. The van der Waals surface area contributed by atoms with E-state index in [9.17, 15) is 4.79 Å². The van der Waals surface area contributed by atoms with Crippen molar-refractivity contribution in [2.45, 2.75) is 25.2 Å². The highest BCUT2D eigenvalue weighted by Crippen LogP contribution is 2.29. The van der Waals surface area contributed by atoms with Crippen LogP contribution in [0.1, 0.15) is 46.1 Å². The summed E-state index contributed by atoms with van der Waals surface area (Å²) in [4.78, 5) is 18.0. The number of nitrogens with one attached hydrogen (secondary N) is 1. The van der Waals surface area contributed by atoms with Crippen LogP contribution in [0.4, 0.5) is 5.82 Å². The van der Waals surface area contributed by atoms with Gasteiger partial charge in [-0.15, -0.1) is 0 Å². The van der Waals surface area contributed by atoms with Gasteiger partial charge in [0, 0.05) is 42.9 Å². The van der Waals surface area contributed by atoms with Gasteiger partial charge in [0.25, 0.3) is 0 Å². The smallest absolute Gasteiger partial charge is 0.248 e. The first-order valence-electron chi connectivity index (χ1n) is 9.28. The standard InChI is InChI=1S/C21H23N5O/c22-21(27)17-6-9-23-20(13-17)26-10-7-16(8-11-26)19-14-18(24-25-19)12-15-4-2-1-3-5-15/h1-6,9,13-14,16H,7-8,10-12H2,(H2,22,27)(H,24,25). The van der Waals surface area contributed by atoms with Crippen LogP contribution in [0.15, 0.2) is 54.7 Å². The van der Waals surface area contributed by atoms with E-state index in [4.69, 9.17) is 5.73 Å². The van der Waals surface area contributed by atoms with Gasteiger partial charge < -0.3 is 10.6 Å². The van der Waals surface area contributed by atoms with E-state index < -0.39 is 5.91 Å². The topological polar surface area (TPSA) is 87.9 Å². The number of aromatic nitrogens is 3. The third-order valence-electron chi connectivity index (χ3n) is 5.16. The number of benzene rings is 1. The molecule has 27 heavy (non-hydrogen) atoms. The van der Waals surface area contributed by atoms with Crippen LogP contribution in [0.5, 0.6) is 0 Å². The second-order valence-corrected chi connectivity index (χ2v) is 7.01. The molecule has 1 amide bonds. The van der Waals surface area contributed by atoms with Crippen LogP contribution in [-0.2, 0) is 6.42 Å². The van der Waals surface area contributed by atoms with Crippen LogP contribution in [-0.4, -0.2) is 34.2 Å². The maximum absolute atomic E-state index is 11.4. The van der Waals surface area contributed by atoms with E-state index in [-0.39, 0.29) is 0 Å². The Labute approximate surface area is 158 Å². The minimum atomic E-state index is -0.420. The van der Waals surface area contributed by atoms with Crippen LogP contribution >= 0.6 is 0 Å². The highest BCUT2D eigenvalue weighted by atomic mass is 16.1. The Kier molecular flexibility index (Phi) is 4.87. The number of nitrogens with zero attached hydrogens (tertiary/aromatic N) is 3. The average molecular weight is 361 g/mol. The summed E-state index contributed by atoms with van der Waals surface area (Å²) >= 11 is 0. The van der Waals surface area contributed by atoms with Crippen LogP contribution < -0.4 is 10.6 Å². The SMILES string of the molecule is NC(=O)c1ccnc(N2CCC(c3cc(Cc4ccccc4)[nH]n3)CC2)c1. The molecule has 1 aromatic carbocycles. The van der Waals surface area contributed by atoms with Crippen molar-refractivity contribution in [3.63, 3.8) is 0 Å². The van der Waals surface area contributed by atoms with Gasteiger partial charge in [0.2, 0.25) is 5.91 Å². The van der Waals surface area contributed by atoms with Crippen molar-refractivity contribution in [1.29, 1.82) is 0 Å². The molecule has 0 aliphatic carbocycles. The number of nitrogens with two attached hydrogens (primary N) is 1. The van der Waals surface area contributed by atoms with E-state index in [1.165, 1.54) is 5.56 Å². The molecule has 0 spiro atoms. The van der Waals surface area contributed by atoms with E-state index >= 15 is 0 Å². The molecule has 2 aromatic heterocycles. The number of aromatic amines is 1. The maximum atomic E-state index is 11.4. The molecule has 4 rings (SSSR count). The molecule has 0 atom stereocenters. The van der Waals surface area contributed by atoms with Crippen molar-refractivity contribution < 1.29 is 4.79 Å². The Balaban J connectivity index is 1.38. The van der Waals surface area contributed by atoms with E-state index in [2.05, 4.69) is 50.4 Å². The fraction of sp³-hybridized carbons (Fsp3) is 0.286. The summed E-state index contributed by atoms with van der Waals surface area (Å²) in [5.74, 6) is 0.842. The van der Waals surface area contributed by atoms with Gasteiger partial charge in [0.1, 0.15) is 5.82 Å². The zero-order valence-corrected chi connectivity index (χ0v) is 15.1. The molecule has 1 fully saturated rings. The first-order valence-corrected chi connectivity index (χ1v) is 9.28. The van der Waals surface area contributed by atoms with E-state index in [0.717, 1.165) is 49.6 Å². The molecule has 1 aliphatic rings. The van der Waals surface area contributed by atoms with Gasteiger partial charge in [-0.05, 0) is 36.6 Å². The Hall–Kier alpha value is -3.15. The van der Waals surface area contributed by atoms with Crippen LogP contribution in [0, 0.1) is 0 Å². The second-order valence-electron chi connectivity index (χ2n) is 7.01. The number of primary amides is 1. The summed E-state index contributed by atoms with van der Waals surface area (Å²) in [5.41, 5.74) is 9.44. The minimum absolute atomic E-state index is 0.420. The van der Waals surface area contributed by atoms with Crippen molar-refractivity contribution in [2.24, 2.45) is 5.73 Å². The van der Waals surface area contributed by atoms with Gasteiger partial charge in [-0.3, -0.25) is 9.89 Å². The molecule has 3 heterocycles. The first-order chi connectivity index (χ1) is 13.2. The monoisotopic (exact) mass is 361 g/mol.